The summed E-state index contributed by atoms with van der Waals surface area (Å²) in [6.07, 6.45) is 7.98. The number of hydrogen-bond acceptors (Lipinski definition) is 4. The van der Waals surface area contributed by atoms with Crippen LogP contribution in [0, 0.1) is 6.92 Å². The van der Waals surface area contributed by atoms with Gasteiger partial charge in [-0.3, -0.25) is 4.79 Å². The molecule has 2 aromatic rings. The molecule has 1 amide bonds. The van der Waals surface area contributed by atoms with E-state index >= 15 is 0 Å². The van der Waals surface area contributed by atoms with E-state index in [1.165, 1.54) is 38.8 Å². The van der Waals surface area contributed by atoms with E-state index in [4.69, 9.17) is 4.98 Å². The van der Waals surface area contributed by atoms with Gasteiger partial charge in [-0.2, -0.15) is 0 Å². The maximum absolute atomic E-state index is 13.3. The zero-order valence-electron chi connectivity index (χ0n) is 16.9. The summed E-state index contributed by atoms with van der Waals surface area (Å²) in [5.74, 6) is 0.280. The summed E-state index contributed by atoms with van der Waals surface area (Å²) < 4.78 is 0. The van der Waals surface area contributed by atoms with E-state index in [-0.39, 0.29) is 5.91 Å². The molecular formula is C23H31N3OS. The zero-order chi connectivity index (χ0) is 19.3. The van der Waals surface area contributed by atoms with Gasteiger partial charge in [0.15, 0.2) is 0 Å². The molecule has 1 atom stereocenters. The SMILES string of the molecule is Cc1nc(-c2ccccc2)c(CC(=O)N2CCCC[C@@H]2CN2CCCCC2)s1. The van der Waals surface area contributed by atoms with Crippen LogP contribution >= 0.6 is 11.3 Å². The molecule has 4 rings (SSSR count). The van der Waals surface area contributed by atoms with Crippen molar-refractivity contribution in [3.63, 3.8) is 0 Å². The van der Waals surface area contributed by atoms with Crippen LogP contribution in [0.4, 0.5) is 0 Å². The minimum atomic E-state index is 0.280. The lowest BCUT2D eigenvalue weighted by atomic mass is 9.99. The largest absolute Gasteiger partial charge is 0.338 e. The van der Waals surface area contributed by atoms with Gasteiger partial charge in [0.05, 0.1) is 17.1 Å². The lowest BCUT2D eigenvalue weighted by Gasteiger charge is -2.39. The molecule has 1 aromatic heterocycles. The molecule has 5 heteroatoms. The number of amides is 1. The van der Waals surface area contributed by atoms with Crippen molar-refractivity contribution in [3.05, 3.63) is 40.2 Å². The zero-order valence-corrected chi connectivity index (χ0v) is 17.7. The second kappa shape index (κ2) is 9.19. The number of aromatic nitrogens is 1. The third-order valence-corrected chi connectivity index (χ3v) is 7.00. The molecule has 0 bridgehead atoms. The molecule has 0 saturated carbocycles. The van der Waals surface area contributed by atoms with Gasteiger partial charge in [-0.15, -0.1) is 11.3 Å². The summed E-state index contributed by atoms with van der Waals surface area (Å²) in [7, 11) is 0. The van der Waals surface area contributed by atoms with Crippen LogP contribution in [-0.4, -0.2) is 52.9 Å². The summed E-state index contributed by atoms with van der Waals surface area (Å²) >= 11 is 1.67. The second-order valence-corrected chi connectivity index (χ2v) is 9.43. The predicted octanol–water partition coefficient (Wildman–Crippen LogP) is 4.53. The number of piperidine rings is 2. The van der Waals surface area contributed by atoms with Gasteiger partial charge in [0, 0.05) is 29.6 Å². The first kappa shape index (κ1) is 19.6. The van der Waals surface area contributed by atoms with Crippen LogP contribution in [0.2, 0.25) is 0 Å². The monoisotopic (exact) mass is 397 g/mol. The molecule has 0 N–H and O–H groups in total. The number of thiazole rings is 1. The lowest BCUT2D eigenvalue weighted by Crippen LogP contribution is -2.50. The summed E-state index contributed by atoms with van der Waals surface area (Å²) in [4.78, 5) is 23.9. The van der Waals surface area contributed by atoms with Gasteiger partial charge in [-0.25, -0.2) is 4.98 Å². The molecule has 28 heavy (non-hydrogen) atoms. The average Bonchev–Trinajstić information content (AvgIpc) is 3.10. The van der Waals surface area contributed by atoms with Crippen molar-refractivity contribution < 1.29 is 4.79 Å². The average molecular weight is 398 g/mol. The molecule has 0 unspecified atom stereocenters. The van der Waals surface area contributed by atoms with Crippen molar-refractivity contribution in [1.82, 2.24) is 14.8 Å². The molecule has 3 heterocycles. The number of nitrogens with zero attached hydrogens (tertiary/aromatic N) is 3. The Labute approximate surface area is 172 Å². The van der Waals surface area contributed by atoms with Crippen LogP contribution in [-0.2, 0) is 11.2 Å². The fraction of sp³-hybridized carbons (Fsp3) is 0.565. The van der Waals surface area contributed by atoms with Gasteiger partial charge in [0.1, 0.15) is 0 Å². The first-order chi connectivity index (χ1) is 13.7. The highest BCUT2D eigenvalue weighted by Gasteiger charge is 2.29. The van der Waals surface area contributed by atoms with E-state index in [1.54, 1.807) is 11.3 Å². The van der Waals surface area contributed by atoms with Crippen LogP contribution in [0.1, 0.15) is 48.4 Å². The van der Waals surface area contributed by atoms with Crippen LogP contribution in [0.5, 0.6) is 0 Å². The molecule has 4 nitrogen and oxygen atoms in total. The topological polar surface area (TPSA) is 36.4 Å². The van der Waals surface area contributed by atoms with Gasteiger partial charge in [0.25, 0.3) is 0 Å². The van der Waals surface area contributed by atoms with Crippen LogP contribution in [0.3, 0.4) is 0 Å². The highest BCUT2D eigenvalue weighted by atomic mass is 32.1. The van der Waals surface area contributed by atoms with E-state index in [0.717, 1.165) is 47.1 Å². The number of likely N-dealkylation sites (tertiary alicyclic amines) is 2. The van der Waals surface area contributed by atoms with Crippen LogP contribution in [0.25, 0.3) is 11.3 Å². The van der Waals surface area contributed by atoms with Crippen LogP contribution < -0.4 is 0 Å². The highest BCUT2D eigenvalue weighted by Crippen LogP contribution is 2.30. The summed E-state index contributed by atoms with van der Waals surface area (Å²) in [6, 6.07) is 10.6. The van der Waals surface area contributed by atoms with Crippen molar-refractivity contribution in [1.29, 1.82) is 0 Å². The lowest BCUT2D eigenvalue weighted by molar-refractivity contribution is -0.134. The van der Waals surface area contributed by atoms with Gasteiger partial charge in [-0.1, -0.05) is 36.8 Å². The summed E-state index contributed by atoms with van der Waals surface area (Å²) in [5.41, 5.74) is 2.10. The van der Waals surface area contributed by atoms with Gasteiger partial charge in [0.2, 0.25) is 5.91 Å². The molecule has 2 fully saturated rings. The third kappa shape index (κ3) is 4.64. The van der Waals surface area contributed by atoms with Crippen molar-refractivity contribution in [2.24, 2.45) is 0 Å². The maximum Gasteiger partial charge on any atom is 0.228 e. The Balaban J connectivity index is 1.47. The van der Waals surface area contributed by atoms with E-state index in [0.29, 0.717) is 12.5 Å². The minimum absolute atomic E-state index is 0.280. The van der Waals surface area contributed by atoms with E-state index < -0.39 is 0 Å². The van der Waals surface area contributed by atoms with E-state index in [9.17, 15) is 4.79 Å². The molecule has 0 radical (unpaired) electrons. The molecule has 2 aliphatic rings. The predicted molar refractivity (Wildman–Crippen MR) is 116 cm³/mol. The molecule has 1 aromatic carbocycles. The third-order valence-electron chi connectivity index (χ3n) is 6.03. The first-order valence-corrected chi connectivity index (χ1v) is 11.6. The Kier molecular flexibility index (Phi) is 6.43. The molecule has 0 spiro atoms. The molecule has 0 aliphatic carbocycles. The molecule has 2 saturated heterocycles. The molecular weight excluding hydrogens is 366 g/mol. The quantitative estimate of drug-likeness (QED) is 0.744. The van der Waals surface area contributed by atoms with E-state index in [2.05, 4.69) is 21.9 Å². The molecule has 150 valence electrons. The Hall–Kier alpha value is -1.72. The number of aryl methyl sites for hydroxylation is 1. The van der Waals surface area contributed by atoms with E-state index in [1.807, 2.05) is 25.1 Å². The first-order valence-electron chi connectivity index (χ1n) is 10.7. The standard InChI is InChI=1S/C23H31N3OS/c1-18-24-23(19-10-4-2-5-11-19)21(28-18)16-22(27)26-15-9-6-12-20(26)17-25-13-7-3-8-14-25/h2,4-5,10-11,20H,3,6-9,12-17H2,1H3/t20-/m1/s1. The normalized spacial score (nSPS) is 21.0. The second-order valence-electron chi connectivity index (χ2n) is 8.15. The number of rotatable bonds is 5. The Morgan fingerprint density at radius 1 is 1.07 bits per heavy atom. The van der Waals surface area contributed by atoms with Crippen molar-refractivity contribution in [2.75, 3.05) is 26.2 Å². The number of carbonyl (C=O) groups is 1. The fourth-order valence-corrected chi connectivity index (χ4v) is 5.56. The smallest absolute Gasteiger partial charge is 0.228 e. The Bertz CT molecular complexity index is 782. The Morgan fingerprint density at radius 3 is 2.61 bits per heavy atom. The summed E-state index contributed by atoms with van der Waals surface area (Å²) in [5, 5.41) is 1.03. The van der Waals surface area contributed by atoms with Gasteiger partial charge in [-0.05, 0) is 52.1 Å². The van der Waals surface area contributed by atoms with Crippen molar-refractivity contribution in [3.8, 4) is 11.3 Å². The van der Waals surface area contributed by atoms with Crippen molar-refractivity contribution in [2.45, 2.75) is 57.9 Å². The van der Waals surface area contributed by atoms with Gasteiger partial charge < -0.3 is 9.80 Å². The number of benzene rings is 1. The number of hydrogen-bond donors (Lipinski definition) is 0. The summed E-state index contributed by atoms with van der Waals surface area (Å²) in [6.45, 7) is 6.40. The Morgan fingerprint density at radius 2 is 1.82 bits per heavy atom. The van der Waals surface area contributed by atoms with Crippen molar-refractivity contribution >= 4 is 17.2 Å². The van der Waals surface area contributed by atoms with Gasteiger partial charge >= 0.3 is 0 Å². The molecule has 2 aliphatic heterocycles. The maximum atomic E-state index is 13.3. The number of carbonyl (C=O) groups excluding carboxylic acids is 1. The minimum Gasteiger partial charge on any atom is -0.338 e. The highest BCUT2D eigenvalue weighted by molar-refractivity contribution is 7.12. The van der Waals surface area contributed by atoms with Crippen LogP contribution in [0.15, 0.2) is 30.3 Å². The fourth-order valence-electron chi connectivity index (χ4n) is 4.61.